The Balaban J connectivity index is 1.42. The number of rotatable bonds is 4. The maximum atomic E-state index is 12.5. The van der Waals surface area contributed by atoms with E-state index < -0.39 is 0 Å². The second-order valence-corrected chi connectivity index (χ2v) is 7.31. The Kier molecular flexibility index (Phi) is 4.34. The zero-order valence-corrected chi connectivity index (χ0v) is 14.3. The summed E-state index contributed by atoms with van der Waals surface area (Å²) >= 11 is 1.72. The Morgan fingerprint density at radius 2 is 2.21 bits per heavy atom. The molecule has 3 aromatic rings. The van der Waals surface area contributed by atoms with Crippen molar-refractivity contribution in [3.8, 4) is 0 Å². The molecule has 0 saturated carbocycles. The molecule has 1 aromatic carbocycles. The number of aromatic nitrogens is 1. The van der Waals surface area contributed by atoms with Gasteiger partial charge in [0.05, 0.1) is 5.92 Å². The minimum atomic E-state index is 0.205. The largest absolute Gasteiger partial charge is 0.440 e. The number of fused-ring (bicyclic) bond motifs is 1. The predicted molar refractivity (Wildman–Crippen MR) is 95.2 cm³/mol. The van der Waals surface area contributed by atoms with Gasteiger partial charge in [0, 0.05) is 24.4 Å². The van der Waals surface area contributed by atoms with Crippen LogP contribution in [0.4, 0.5) is 0 Å². The molecule has 0 unspecified atom stereocenters. The number of oxazole rings is 1. The van der Waals surface area contributed by atoms with E-state index in [2.05, 4.69) is 16.4 Å². The number of thiophene rings is 1. The number of carbonyl (C=O) groups excluding carboxylic acids is 1. The first-order valence-corrected chi connectivity index (χ1v) is 9.33. The van der Waals surface area contributed by atoms with Gasteiger partial charge in [-0.1, -0.05) is 18.2 Å². The van der Waals surface area contributed by atoms with Gasteiger partial charge in [0.25, 0.3) is 0 Å². The standard InChI is InChI=1S/C19H20N2O2S/c22-18(10-9-15-6-4-12-24-15)21-11-3-5-14(13-21)19-20-16-7-1-2-8-17(16)23-19/h1-2,4,6-8,12,14H,3,5,9-11,13H2/t14-/m1/s1. The summed E-state index contributed by atoms with van der Waals surface area (Å²) < 4.78 is 5.91. The van der Waals surface area contributed by atoms with Crippen LogP contribution in [0.5, 0.6) is 0 Å². The molecule has 1 aliphatic rings. The molecule has 0 bridgehead atoms. The lowest BCUT2D eigenvalue weighted by molar-refractivity contribution is -0.132. The first-order chi connectivity index (χ1) is 11.8. The number of hydrogen-bond donors (Lipinski definition) is 0. The van der Waals surface area contributed by atoms with Gasteiger partial charge in [-0.3, -0.25) is 4.79 Å². The highest BCUT2D eigenvalue weighted by Gasteiger charge is 2.27. The van der Waals surface area contributed by atoms with Crippen LogP contribution >= 0.6 is 11.3 Å². The van der Waals surface area contributed by atoms with Crippen LogP contribution in [0.25, 0.3) is 11.1 Å². The lowest BCUT2D eigenvalue weighted by Crippen LogP contribution is -2.39. The molecule has 4 nitrogen and oxygen atoms in total. The summed E-state index contributed by atoms with van der Waals surface area (Å²) in [6.45, 7) is 1.57. The predicted octanol–water partition coefficient (Wildman–Crippen LogP) is 4.23. The molecule has 5 heteroatoms. The van der Waals surface area contributed by atoms with Crippen molar-refractivity contribution in [1.29, 1.82) is 0 Å². The maximum Gasteiger partial charge on any atom is 0.222 e. The normalized spacial score (nSPS) is 18.2. The molecule has 1 fully saturated rings. The van der Waals surface area contributed by atoms with Crippen molar-refractivity contribution in [2.24, 2.45) is 0 Å². The highest BCUT2D eigenvalue weighted by atomic mass is 32.1. The van der Waals surface area contributed by atoms with E-state index in [4.69, 9.17) is 4.42 Å². The van der Waals surface area contributed by atoms with Crippen LogP contribution in [0.3, 0.4) is 0 Å². The Morgan fingerprint density at radius 3 is 3.04 bits per heavy atom. The van der Waals surface area contributed by atoms with Gasteiger partial charge in [0.15, 0.2) is 11.5 Å². The third-order valence-electron chi connectivity index (χ3n) is 4.60. The fraction of sp³-hybridized carbons (Fsp3) is 0.368. The van der Waals surface area contributed by atoms with Crippen LogP contribution < -0.4 is 0 Å². The second-order valence-electron chi connectivity index (χ2n) is 6.28. The number of nitrogens with zero attached hydrogens (tertiary/aromatic N) is 2. The fourth-order valence-corrected chi connectivity index (χ4v) is 4.02. The molecule has 0 N–H and O–H groups in total. The maximum absolute atomic E-state index is 12.5. The van der Waals surface area contributed by atoms with E-state index in [1.807, 2.05) is 35.2 Å². The van der Waals surface area contributed by atoms with E-state index >= 15 is 0 Å². The van der Waals surface area contributed by atoms with Gasteiger partial charge < -0.3 is 9.32 Å². The molecule has 124 valence electrons. The van der Waals surface area contributed by atoms with Gasteiger partial charge in [-0.05, 0) is 42.8 Å². The van der Waals surface area contributed by atoms with Crippen LogP contribution in [-0.4, -0.2) is 28.9 Å². The molecule has 1 amide bonds. The summed E-state index contributed by atoms with van der Waals surface area (Å²) in [7, 11) is 0. The molecule has 24 heavy (non-hydrogen) atoms. The molecule has 1 atom stereocenters. The summed E-state index contributed by atoms with van der Waals surface area (Å²) in [5.41, 5.74) is 1.72. The van der Waals surface area contributed by atoms with Gasteiger partial charge in [-0.2, -0.15) is 0 Å². The number of para-hydroxylation sites is 2. The third kappa shape index (κ3) is 3.22. The number of carbonyl (C=O) groups is 1. The number of aryl methyl sites for hydroxylation is 1. The number of piperidine rings is 1. The van der Waals surface area contributed by atoms with Crippen LogP contribution in [0.15, 0.2) is 46.2 Å². The smallest absolute Gasteiger partial charge is 0.222 e. The Morgan fingerprint density at radius 1 is 1.29 bits per heavy atom. The van der Waals surface area contributed by atoms with Crippen molar-refractivity contribution in [3.05, 3.63) is 52.5 Å². The number of hydrogen-bond acceptors (Lipinski definition) is 4. The Labute approximate surface area is 145 Å². The average molecular weight is 340 g/mol. The number of benzene rings is 1. The molecule has 4 rings (SSSR count). The molecule has 0 radical (unpaired) electrons. The van der Waals surface area contributed by atoms with Gasteiger partial charge >= 0.3 is 0 Å². The fourth-order valence-electron chi connectivity index (χ4n) is 3.31. The van der Waals surface area contributed by atoms with Gasteiger partial charge in [-0.25, -0.2) is 4.98 Å². The van der Waals surface area contributed by atoms with Gasteiger partial charge in [0.1, 0.15) is 5.52 Å². The minimum Gasteiger partial charge on any atom is -0.440 e. The Bertz CT molecular complexity index is 792. The summed E-state index contributed by atoms with van der Waals surface area (Å²) in [6, 6.07) is 12.0. The van der Waals surface area contributed by atoms with E-state index in [0.29, 0.717) is 6.42 Å². The van der Waals surface area contributed by atoms with E-state index in [9.17, 15) is 4.79 Å². The highest BCUT2D eigenvalue weighted by Crippen LogP contribution is 2.29. The summed E-state index contributed by atoms with van der Waals surface area (Å²) in [4.78, 5) is 20.4. The van der Waals surface area contributed by atoms with Crippen molar-refractivity contribution in [2.75, 3.05) is 13.1 Å². The molecule has 2 aromatic heterocycles. The Hall–Kier alpha value is -2.14. The zero-order valence-electron chi connectivity index (χ0n) is 13.5. The van der Waals surface area contributed by atoms with Gasteiger partial charge in [-0.15, -0.1) is 11.3 Å². The number of amides is 1. The van der Waals surface area contributed by atoms with Crippen LogP contribution in [0.1, 0.15) is 35.9 Å². The molecule has 1 saturated heterocycles. The molecular formula is C19H20N2O2S. The molecule has 0 spiro atoms. The van der Waals surface area contributed by atoms with Crippen LogP contribution in [0.2, 0.25) is 0 Å². The monoisotopic (exact) mass is 340 g/mol. The second kappa shape index (κ2) is 6.77. The summed E-state index contributed by atoms with van der Waals surface area (Å²) in [6.07, 6.45) is 3.46. The van der Waals surface area contributed by atoms with E-state index in [1.165, 1.54) is 4.88 Å². The van der Waals surface area contributed by atoms with E-state index in [0.717, 1.165) is 49.3 Å². The third-order valence-corrected chi connectivity index (χ3v) is 5.54. The van der Waals surface area contributed by atoms with Crippen molar-refractivity contribution in [2.45, 2.75) is 31.6 Å². The number of likely N-dealkylation sites (tertiary alicyclic amines) is 1. The van der Waals surface area contributed by atoms with Crippen molar-refractivity contribution >= 4 is 28.3 Å². The van der Waals surface area contributed by atoms with E-state index in [1.54, 1.807) is 11.3 Å². The lowest BCUT2D eigenvalue weighted by Gasteiger charge is -2.31. The zero-order chi connectivity index (χ0) is 16.4. The SMILES string of the molecule is O=C(CCc1cccs1)N1CCC[C@@H](c2nc3ccccc3o2)C1. The molecule has 1 aliphatic heterocycles. The average Bonchev–Trinajstić information content (AvgIpc) is 3.29. The quantitative estimate of drug-likeness (QED) is 0.714. The summed E-state index contributed by atoms with van der Waals surface area (Å²) in [5, 5.41) is 2.06. The first kappa shape index (κ1) is 15.4. The van der Waals surface area contributed by atoms with Crippen molar-refractivity contribution in [3.63, 3.8) is 0 Å². The van der Waals surface area contributed by atoms with Crippen molar-refractivity contribution < 1.29 is 9.21 Å². The first-order valence-electron chi connectivity index (χ1n) is 8.45. The lowest BCUT2D eigenvalue weighted by atomic mass is 9.97. The van der Waals surface area contributed by atoms with Crippen LogP contribution in [0, 0.1) is 0 Å². The molecular weight excluding hydrogens is 320 g/mol. The minimum absolute atomic E-state index is 0.205. The molecule has 0 aliphatic carbocycles. The highest BCUT2D eigenvalue weighted by molar-refractivity contribution is 7.09. The summed E-state index contributed by atoms with van der Waals surface area (Å²) in [5.74, 6) is 1.22. The van der Waals surface area contributed by atoms with Crippen molar-refractivity contribution in [1.82, 2.24) is 9.88 Å². The van der Waals surface area contributed by atoms with E-state index in [-0.39, 0.29) is 11.8 Å². The van der Waals surface area contributed by atoms with Gasteiger partial charge in [0.2, 0.25) is 5.91 Å². The topological polar surface area (TPSA) is 46.3 Å². The molecule has 3 heterocycles. The van der Waals surface area contributed by atoms with Crippen LogP contribution in [-0.2, 0) is 11.2 Å².